The Hall–Kier alpha value is -0.200. The molecule has 2 aliphatic rings. The third-order valence-electron chi connectivity index (χ3n) is 2.29. The number of aliphatic imine (C=N–C) groups is 1. The molecule has 0 amide bonds. The third kappa shape index (κ3) is 1.47. The van der Waals surface area contributed by atoms with Gasteiger partial charge in [-0.3, -0.25) is 0 Å². The molecule has 1 fully saturated rings. The van der Waals surface area contributed by atoms with E-state index in [1.54, 1.807) is 0 Å². The summed E-state index contributed by atoms with van der Waals surface area (Å²) >= 11 is 2.94. The highest BCUT2D eigenvalue weighted by Gasteiger charge is 2.34. The van der Waals surface area contributed by atoms with Crippen molar-refractivity contribution >= 4 is 29.7 Å². The maximum absolute atomic E-state index is 11.6. The van der Waals surface area contributed by atoms with Crippen LogP contribution in [0.15, 0.2) is 16.1 Å². The number of hydrogen-bond donors (Lipinski definition) is 1. The van der Waals surface area contributed by atoms with Gasteiger partial charge in [-0.25, -0.2) is 13.4 Å². The van der Waals surface area contributed by atoms with Crippen molar-refractivity contribution in [2.75, 3.05) is 13.1 Å². The highest BCUT2D eigenvalue weighted by molar-refractivity contribution is 9.21. The van der Waals surface area contributed by atoms with Crippen molar-refractivity contribution in [1.29, 1.82) is 0 Å². The lowest BCUT2D eigenvalue weighted by molar-refractivity contribution is 0.602. The highest BCUT2D eigenvalue weighted by atomic mass is 79.9. The van der Waals surface area contributed by atoms with Gasteiger partial charge < -0.3 is 5.32 Å². The van der Waals surface area contributed by atoms with Crippen molar-refractivity contribution in [3.05, 3.63) is 11.1 Å². The maximum atomic E-state index is 11.6. The number of hydrogen-bond acceptors (Lipinski definition) is 4. The second-order valence-electron chi connectivity index (χ2n) is 3.11. The fourth-order valence-electron chi connectivity index (χ4n) is 1.57. The van der Waals surface area contributed by atoms with E-state index in [1.807, 2.05) is 0 Å². The average molecular weight is 265 g/mol. The topological polar surface area (TPSA) is 58.5 Å². The summed E-state index contributed by atoms with van der Waals surface area (Å²) in [7, 11) is -3.26. The molecule has 1 saturated heterocycles. The Morgan fingerprint density at radius 2 is 2.38 bits per heavy atom. The van der Waals surface area contributed by atoms with Crippen molar-refractivity contribution in [2.24, 2.45) is 10.9 Å². The van der Waals surface area contributed by atoms with E-state index in [0.29, 0.717) is 4.91 Å². The van der Waals surface area contributed by atoms with Crippen molar-refractivity contribution < 1.29 is 8.42 Å². The predicted molar refractivity (Wildman–Crippen MR) is 54.3 cm³/mol. The summed E-state index contributed by atoms with van der Waals surface area (Å²) in [5.74, 6) is 0.101. The lowest BCUT2D eigenvalue weighted by Gasteiger charge is -2.07. The molecule has 2 aliphatic heterocycles. The number of nitrogens with zero attached hydrogens (tertiary/aromatic N) is 1. The van der Waals surface area contributed by atoms with Crippen LogP contribution in [0.2, 0.25) is 0 Å². The Morgan fingerprint density at radius 1 is 1.62 bits per heavy atom. The van der Waals surface area contributed by atoms with Crippen LogP contribution in [0.5, 0.6) is 0 Å². The lowest BCUT2D eigenvalue weighted by Crippen LogP contribution is -2.17. The summed E-state index contributed by atoms with van der Waals surface area (Å²) in [6.07, 6.45) is 2.33. The molecule has 2 rings (SSSR count). The molecule has 0 aromatic carbocycles. The van der Waals surface area contributed by atoms with Crippen LogP contribution in [-0.2, 0) is 9.84 Å². The number of sulfone groups is 1. The van der Waals surface area contributed by atoms with Crippen LogP contribution in [0.3, 0.4) is 0 Å². The maximum Gasteiger partial charge on any atom is 0.228 e. The molecule has 72 valence electrons. The van der Waals surface area contributed by atoms with Crippen LogP contribution in [0, 0.1) is 5.92 Å². The molecule has 13 heavy (non-hydrogen) atoms. The van der Waals surface area contributed by atoms with E-state index in [0.717, 1.165) is 19.5 Å². The molecule has 4 nitrogen and oxygen atoms in total. The van der Waals surface area contributed by atoms with E-state index in [1.165, 1.54) is 6.20 Å². The Kier molecular flexibility index (Phi) is 2.29. The zero-order chi connectivity index (χ0) is 9.47. The first-order valence-corrected chi connectivity index (χ1v) is 6.29. The minimum absolute atomic E-state index is 0.0434. The number of halogens is 1. The number of rotatable bonds is 1. The van der Waals surface area contributed by atoms with Crippen molar-refractivity contribution in [3.63, 3.8) is 0 Å². The van der Waals surface area contributed by atoms with Gasteiger partial charge in [0.1, 0.15) is 0 Å². The van der Waals surface area contributed by atoms with E-state index >= 15 is 0 Å². The van der Waals surface area contributed by atoms with Gasteiger partial charge in [0.05, 0.1) is 4.91 Å². The fourth-order valence-corrected chi connectivity index (χ4v) is 3.45. The fraction of sp³-hybridized carbons (Fsp3) is 0.571. The molecule has 1 atom stereocenters. The lowest BCUT2D eigenvalue weighted by atomic mass is 10.1. The molecule has 6 heteroatoms. The Bertz CT molecular complexity index is 379. The van der Waals surface area contributed by atoms with Gasteiger partial charge in [-0.1, -0.05) is 0 Å². The zero-order valence-corrected chi connectivity index (χ0v) is 9.23. The Morgan fingerprint density at radius 3 is 2.85 bits per heavy atom. The SMILES string of the molecule is O=S1(=O)C(C2CCNC2)=CN=C1Br. The van der Waals surface area contributed by atoms with Gasteiger partial charge in [-0.05, 0) is 28.9 Å². The van der Waals surface area contributed by atoms with Gasteiger partial charge >= 0.3 is 0 Å². The van der Waals surface area contributed by atoms with Crippen LogP contribution in [0.1, 0.15) is 6.42 Å². The molecule has 0 aliphatic carbocycles. The van der Waals surface area contributed by atoms with Crippen LogP contribution >= 0.6 is 15.9 Å². The van der Waals surface area contributed by atoms with Crippen molar-refractivity contribution in [2.45, 2.75) is 6.42 Å². The van der Waals surface area contributed by atoms with E-state index < -0.39 is 9.84 Å². The smallest absolute Gasteiger partial charge is 0.228 e. The third-order valence-corrected chi connectivity index (χ3v) is 5.38. The first-order valence-electron chi connectivity index (χ1n) is 4.01. The first kappa shape index (κ1) is 9.36. The predicted octanol–water partition coefficient (Wildman–Crippen LogP) is 0.617. The zero-order valence-electron chi connectivity index (χ0n) is 6.83. The minimum atomic E-state index is -3.26. The van der Waals surface area contributed by atoms with Gasteiger partial charge in [0, 0.05) is 18.7 Å². The van der Waals surface area contributed by atoms with Gasteiger partial charge in [0.2, 0.25) is 13.8 Å². The van der Waals surface area contributed by atoms with Gasteiger partial charge in [0.25, 0.3) is 0 Å². The standard InChI is InChI=1S/C7H9BrN2O2S/c8-7-10-4-6(13(7,11)12)5-1-2-9-3-5/h4-5,9H,1-3H2. The first-order chi connectivity index (χ1) is 6.12. The molecular formula is C7H9BrN2O2S. The van der Waals surface area contributed by atoms with Gasteiger partial charge in [-0.15, -0.1) is 0 Å². The highest BCUT2D eigenvalue weighted by Crippen LogP contribution is 2.30. The Balaban J connectivity index is 2.29. The van der Waals surface area contributed by atoms with Crippen LogP contribution in [-0.4, -0.2) is 25.5 Å². The molecule has 0 bridgehead atoms. The molecule has 0 radical (unpaired) electrons. The summed E-state index contributed by atoms with van der Waals surface area (Å²) in [6, 6.07) is 0. The summed E-state index contributed by atoms with van der Waals surface area (Å²) in [5, 5.41) is 3.13. The van der Waals surface area contributed by atoms with Crippen LogP contribution < -0.4 is 5.32 Å². The van der Waals surface area contributed by atoms with E-state index in [2.05, 4.69) is 26.2 Å². The van der Waals surface area contributed by atoms with Crippen LogP contribution in [0.4, 0.5) is 0 Å². The van der Waals surface area contributed by atoms with Crippen molar-refractivity contribution in [1.82, 2.24) is 5.32 Å². The molecule has 0 aromatic rings. The summed E-state index contributed by atoms with van der Waals surface area (Å²) in [5.41, 5.74) is 0. The van der Waals surface area contributed by atoms with E-state index in [4.69, 9.17) is 0 Å². The molecular weight excluding hydrogens is 256 g/mol. The monoisotopic (exact) mass is 264 g/mol. The number of nitrogens with one attached hydrogen (secondary N) is 1. The Labute approximate surface area is 85.2 Å². The minimum Gasteiger partial charge on any atom is -0.316 e. The summed E-state index contributed by atoms with van der Waals surface area (Å²) in [6.45, 7) is 1.62. The van der Waals surface area contributed by atoms with E-state index in [9.17, 15) is 8.42 Å². The van der Waals surface area contributed by atoms with E-state index in [-0.39, 0.29) is 9.87 Å². The van der Waals surface area contributed by atoms with Gasteiger partial charge in [0.15, 0.2) is 0 Å². The molecule has 2 heterocycles. The molecule has 1 unspecified atom stereocenters. The largest absolute Gasteiger partial charge is 0.316 e. The second kappa shape index (κ2) is 3.18. The molecule has 0 saturated carbocycles. The molecule has 0 spiro atoms. The average Bonchev–Trinajstić information content (AvgIpc) is 2.62. The normalized spacial score (nSPS) is 31.6. The quantitative estimate of drug-likeness (QED) is 0.756. The van der Waals surface area contributed by atoms with Gasteiger partial charge in [-0.2, -0.15) is 0 Å². The second-order valence-corrected chi connectivity index (χ2v) is 6.25. The summed E-state index contributed by atoms with van der Waals surface area (Å²) in [4.78, 5) is 4.22. The molecule has 1 N–H and O–H groups in total. The summed E-state index contributed by atoms with van der Waals surface area (Å²) < 4.78 is 23.3. The molecule has 0 aromatic heterocycles. The van der Waals surface area contributed by atoms with Crippen molar-refractivity contribution in [3.8, 4) is 0 Å². The van der Waals surface area contributed by atoms with Crippen LogP contribution in [0.25, 0.3) is 0 Å².